The zero-order valence-electron chi connectivity index (χ0n) is 14.0. The minimum Gasteiger partial charge on any atom is -0.322 e. The fourth-order valence-electron chi connectivity index (χ4n) is 2.23. The number of amides is 2. The molecule has 25 heavy (non-hydrogen) atoms. The van der Waals surface area contributed by atoms with Crippen molar-refractivity contribution in [3.8, 4) is 0 Å². The van der Waals surface area contributed by atoms with Crippen LogP contribution in [-0.4, -0.2) is 18.4 Å². The summed E-state index contributed by atoms with van der Waals surface area (Å²) < 4.78 is 39.8. The van der Waals surface area contributed by atoms with Crippen LogP contribution in [0.1, 0.15) is 18.1 Å². The Morgan fingerprint density at radius 1 is 1.00 bits per heavy atom. The van der Waals surface area contributed by atoms with E-state index < -0.39 is 35.6 Å². The first-order valence-corrected chi connectivity index (χ1v) is 7.49. The number of hydrogen-bond donors (Lipinski definition) is 1. The number of nitrogens with zero attached hydrogens (tertiary/aromatic N) is 1. The fraction of sp³-hybridized carbons (Fsp3) is 0.222. The van der Waals surface area contributed by atoms with Gasteiger partial charge in [-0.3, -0.25) is 9.59 Å². The summed E-state index contributed by atoms with van der Waals surface area (Å²) >= 11 is 0. The molecule has 0 aliphatic carbocycles. The van der Waals surface area contributed by atoms with Gasteiger partial charge in [-0.2, -0.15) is 0 Å². The van der Waals surface area contributed by atoms with Gasteiger partial charge in [0.15, 0.2) is 17.5 Å². The van der Waals surface area contributed by atoms with E-state index in [1.165, 1.54) is 11.8 Å². The van der Waals surface area contributed by atoms with Gasteiger partial charge in [0.2, 0.25) is 11.8 Å². The average Bonchev–Trinajstić information content (AvgIpc) is 2.55. The SMILES string of the molecule is CC(=O)N(CC(=O)Nc1ccc(F)c(F)c1F)c1ccc(C)c(C)c1. The fourth-order valence-corrected chi connectivity index (χ4v) is 2.23. The highest BCUT2D eigenvalue weighted by Gasteiger charge is 2.19. The third-order valence-corrected chi connectivity index (χ3v) is 3.79. The molecule has 0 bridgehead atoms. The van der Waals surface area contributed by atoms with Gasteiger partial charge in [-0.1, -0.05) is 6.07 Å². The van der Waals surface area contributed by atoms with Gasteiger partial charge in [0, 0.05) is 12.6 Å². The van der Waals surface area contributed by atoms with E-state index in [2.05, 4.69) is 5.32 Å². The molecule has 2 rings (SSSR count). The molecule has 0 unspecified atom stereocenters. The average molecular weight is 350 g/mol. The Balaban J connectivity index is 2.20. The molecule has 4 nitrogen and oxygen atoms in total. The van der Waals surface area contributed by atoms with Crippen LogP contribution < -0.4 is 10.2 Å². The summed E-state index contributed by atoms with van der Waals surface area (Å²) in [6.07, 6.45) is 0. The predicted octanol–water partition coefficient (Wildman–Crippen LogP) is 3.71. The number of halogens is 3. The number of carbonyl (C=O) groups is 2. The molecule has 1 N–H and O–H groups in total. The van der Waals surface area contributed by atoms with Crippen molar-refractivity contribution in [3.63, 3.8) is 0 Å². The van der Waals surface area contributed by atoms with Crippen LogP contribution in [0.3, 0.4) is 0 Å². The van der Waals surface area contributed by atoms with Gasteiger partial charge in [-0.05, 0) is 49.2 Å². The molecule has 0 saturated heterocycles. The molecule has 0 aromatic heterocycles. The van der Waals surface area contributed by atoms with Gasteiger partial charge in [-0.15, -0.1) is 0 Å². The summed E-state index contributed by atoms with van der Waals surface area (Å²) in [5.41, 5.74) is 1.99. The van der Waals surface area contributed by atoms with Crippen molar-refractivity contribution in [2.75, 3.05) is 16.8 Å². The highest BCUT2D eigenvalue weighted by Crippen LogP contribution is 2.21. The van der Waals surface area contributed by atoms with Gasteiger partial charge >= 0.3 is 0 Å². The van der Waals surface area contributed by atoms with Crippen molar-refractivity contribution in [2.45, 2.75) is 20.8 Å². The predicted molar refractivity (Wildman–Crippen MR) is 88.9 cm³/mol. The van der Waals surface area contributed by atoms with Crippen molar-refractivity contribution in [1.82, 2.24) is 0 Å². The lowest BCUT2D eigenvalue weighted by atomic mass is 10.1. The molecule has 2 aromatic carbocycles. The van der Waals surface area contributed by atoms with Gasteiger partial charge in [0.05, 0.1) is 5.69 Å². The molecule has 0 fully saturated rings. The number of benzene rings is 2. The second-order valence-electron chi connectivity index (χ2n) is 5.64. The molecule has 7 heteroatoms. The Bertz CT molecular complexity index is 837. The van der Waals surface area contributed by atoms with Crippen LogP contribution in [0.2, 0.25) is 0 Å². The van der Waals surface area contributed by atoms with Crippen molar-refractivity contribution in [2.24, 2.45) is 0 Å². The minimum atomic E-state index is -1.67. The van der Waals surface area contributed by atoms with Crippen LogP contribution in [-0.2, 0) is 9.59 Å². The van der Waals surface area contributed by atoms with Crippen LogP contribution >= 0.6 is 0 Å². The minimum absolute atomic E-state index is 0.385. The van der Waals surface area contributed by atoms with Crippen LogP contribution in [0.4, 0.5) is 24.5 Å². The summed E-state index contributed by atoms with van der Waals surface area (Å²) in [5.74, 6) is -5.64. The zero-order valence-corrected chi connectivity index (χ0v) is 14.0. The van der Waals surface area contributed by atoms with Gasteiger partial charge in [-0.25, -0.2) is 13.2 Å². The first kappa shape index (κ1) is 18.5. The Morgan fingerprint density at radius 3 is 2.28 bits per heavy atom. The molecule has 0 heterocycles. The number of rotatable bonds is 4. The first-order valence-electron chi connectivity index (χ1n) is 7.49. The molecule has 0 radical (unpaired) electrons. The molecule has 132 valence electrons. The van der Waals surface area contributed by atoms with Crippen molar-refractivity contribution in [1.29, 1.82) is 0 Å². The van der Waals surface area contributed by atoms with Crippen molar-refractivity contribution in [3.05, 3.63) is 58.9 Å². The quantitative estimate of drug-likeness (QED) is 0.855. The number of carbonyl (C=O) groups excluding carboxylic acids is 2. The molecular formula is C18H17F3N2O2. The summed E-state index contributed by atoms with van der Waals surface area (Å²) in [4.78, 5) is 25.2. The zero-order chi connectivity index (χ0) is 18.7. The molecule has 0 atom stereocenters. The maximum absolute atomic E-state index is 13.6. The Kier molecular flexibility index (Phi) is 5.46. The Labute approximate surface area is 143 Å². The van der Waals surface area contributed by atoms with Crippen LogP contribution in [0, 0.1) is 31.3 Å². The normalized spacial score (nSPS) is 10.5. The first-order chi connectivity index (χ1) is 11.7. The number of hydrogen-bond acceptors (Lipinski definition) is 2. The van der Waals surface area contributed by atoms with Crippen LogP contribution in [0.5, 0.6) is 0 Å². The molecule has 0 saturated carbocycles. The monoisotopic (exact) mass is 350 g/mol. The van der Waals surface area contributed by atoms with Crippen molar-refractivity contribution >= 4 is 23.2 Å². The lowest BCUT2D eigenvalue weighted by Crippen LogP contribution is -2.36. The summed E-state index contributed by atoms with van der Waals surface area (Å²) in [5, 5.41) is 2.14. The Morgan fingerprint density at radius 2 is 1.68 bits per heavy atom. The van der Waals surface area contributed by atoms with E-state index in [9.17, 15) is 22.8 Å². The molecular weight excluding hydrogens is 333 g/mol. The van der Waals surface area contributed by atoms with Crippen molar-refractivity contribution < 1.29 is 22.8 Å². The number of anilines is 2. The van der Waals surface area contributed by atoms with E-state index in [0.29, 0.717) is 11.8 Å². The molecule has 2 amide bonds. The Hall–Kier alpha value is -2.83. The van der Waals surface area contributed by atoms with E-state index in [0.717, 1.165) is 17.2 Å². The van der Waals surface area contributed by atoms with Gasteiger partial charge < -0.3 is 10.2 Å². The largest absolute Gasteiger partial charge is 0.322 e. The molecule has 0 aliphatic rings. The molecule has 0 aliphatic heterocycles. The molecule has 0 spiro atoms. The second kappa shape index (κ2) is 7.38. The lowest BCUT2D eigenvalue weighted by Gasteiger charge is -2.21. The third-order valence-electron chi connectivity index (χ3n) is 3.79. The summed E-state index contributed by atoms with van der Waals surface area (Å²) in [6, 6.07) is 6.88. The molecule has 2 aromatic rings. The lowest BCUT2D eigenvalue weighted by molar-refractivity contribution is -0.120. The van der Waals surface area contributed by atoms with E-state index in [1.807, 2.05) is 19.9 Å². The topological polar surface area (TPSA) is 49.4 Å². The highest BCUT2D eigenvalue weighted by molar-refractivity contribution is 6.01. The highest BCUT2D eigenvalue weighted by atomic mass is 19.2. The third kappa shape index (κ3) is 4.17. The second-order valence-corrected chi connectivity index (χ2v) is 5.64. The van der Waals surface area contributed by atoms with E-state index >= 15 is 0 Å². The number of nitrogens with one attached hydrogen (secondary N) is 1. The van der Waals surface area contributed by atoms with E-state index in [1.54, 1.807) is 12.1 Å². The summed E-state index contributed by atoms with van der Waals surface area (Å²) in [6.45, 7) is 4.68. The summed E-state index contributed by atoms with van der Waals surface area (Å²) in [7, 11) is 0. The van der Waals surface area contributed by atoms with E-state index in [-0.39, 0.29) is 5.91 Å². The standard InChI is InChI=1S/C18H17F3N2O2/c1-10-4-5-13(8-11(10)2)23(12(3)24)9-16(25)22-15-7-6-14(19)17(20)18(15)21/h4-8H,9H2,1-3H3,(H,22,25). The smallest absolute Gasteiger partial charge is 0.244 e. The van der Waals surface area contributed by atoms with Gasteiger partial charge in [0.25, 0.3) is 0 Å². The van der Waals surface area contributed by atoms with Gasteiger partial charge in [0.1, 0.15) is 6.54 Å². The number of aryl methyl sites for hydroxylation is 2. The maximum Gasteiger partial charge on any atom is 0.244 e. The van der Waals surface area contributed by atoms with E-state index in [4.69, 9.17) is 0 Å². The van der Waals surface area contributed by atoms with Crippen LogP contribution in [0.25, 0.3) is 0 Å². The maximum atomic E-state index is 13.6. The van der Waals surface area contributed by atoms with Crippen LogP contribution in [0.15, 0.2) is 30.3 Å².